The number of phenolic OH excluding ortho intramolecular Hbond substituents is 1. The van der Waals surface area contributed by atoms with Gasteiger partial charge in [-0.15, -0.1) is 0 Å². The number of nitrogens with one attached hydrogen (secondary N) is 2. The Hall–Kier alpha value is -2.57. The normalized spacial score (nSPS) is 14.8. The van der Waals surface area contributed by atoms with E-state index in [2.05, 4.69) is 55.7 Å². The lowest BCUT2D eigenvalue weighted by atomic mass is 9.93. The topological polar surface area (TPSA) is 90.8 Å². The highest BCUT2D eigenvalue weighted by atomic mass is 16.5. The zero-order valence-electron chi connectivity index (χ0n) is 16.6. The van der Waals surface area contributed by atoms with Crippen LogP contribution in [0.15, 0.2) is 36.4 Å². The van der Waals surface area contributed by atoms with Gasteiger partial charge in [-0.2, -0.15) is 0 Å². The molecule has 0 aliphatic carbocycles. The summed E-state index contributed by atoms with van der Waals surface area (Å²) in [4.78, 5) is 11.5. The van der Waals surface area contributed by atoms with E-state index in [0.29, 0.717) is 17.0 Å². The number of hydrogen-bond acceptors (Lipinski definition) is 5. The van der Waals surface area contributed by atoms with Crippen molar-refractivity contribution in [2.75, 3.05) is 18.5 Å². The summed E-state index contributed by atoms with van der Waals surface area (Å²) in [5, 5.41) is 26.7. The minimum atomic E-state index is -0.891. The molecule has 28 heavy (non-hydrogen) atoms. The van der Waals surface area contributed by atoms with Gasteiger partial charge in [0.15, 0.2) is 6.61 Å². The molecule has 0 radical (unpaired) electrons. The maximum Gasteiger partial charge on any atom is 0.262 e. The van der Waals surface area contributed by atoms with Gasteiger partial charge in [-0.1, -0.05) is 31.2 Å². The third-order valence-electron chi connectivity index (χ3n) is 4.93. The average molecular weight is 384 g/mol. The first kappa shape index (κ1) is 20.2. The second-order valence-electron chi connectivity index (χ2n) is 7.88. The fourth-order valence-corrected chi connectivity index (χ4v) is 3.41. The molecule has 0 bridgehead atoms. The van der Waals surface area contributed by atoms with Crippen LogP contribution in [0.5, 0.6) is 11.5 Å². The Bertz CT molecular complexity index is 846. The Balaban J connectivity index is 1.67. The molecule has 150 valence electrons. The summed E-state index contributed by atoms with van der Waals surface area (Å²) < 4.78 is 5.48. The molecule has 0 spiro atoms. The number of rotatable bonds is 7. The van der Waals surface area contributed by atoms with E-state index < -0.39 is 6.10 Å². The monoisotopic (exact) mass is 384 g/mol. The number of anilines is 1. The van der Waals surface area contributed by atoms with Crippen LogP contribution in [-0.4, -0.2) is 34.8 Å². The summed E-state index contributed by atoms with van der Waals surface area (Å²) in [7, 11) is 0. The molecule has 0 aromatic heterocycles. The van der Waals surface area contributed by atoms with Crippen LogP contribution < -0.4 is 15.4 Å². The quantitative estimate of drug-likeness (QED) is 0.589. The van der Waals surface area contributed by atoms with Crippen molar-refractivity contribution in [3.63, 3.8) is 0 Å². The second kappa shape index (κ2) is 8.20. The van der Waals surface area contributed by atoms with Gasteiger partial charge in [0, 0.05) is 23.7 Å². The number of aryl methyl sites for hydroxylation is 1. The molecule has 4 N–H and O–H groups in total. The Morgan fingerprint density at radius 2 is 1.89 bits per heavy atom. The van der Waals surface area contributed by atoms with E-state index in [1.165, 1.54) is 23.3 Å². The van der Waals surface area contributed by atoms with Crippen LogP contribution in [0, 0.1) is 0 Å². The van der Waals surface area contributed by atoms with Gasteiger partial charge in [0.2, 0.25) is 0 Å². The average Bonchev–Trinajstić information content (AvgIpc) is 2.65. The number of hydrogen-bond donors (Lipinski definition) is 4. The van der Waals surface area contributed by atoms with Gasteiger partial charge in [-0.25, -0.2) is 0 Å². The summed E-state index contributed by atoms with van der Waals surface area (Å²) in [6.45, 7) is 6.48. The smallest absolute Gasteiger partial charge is 0.262 e. The number of aliphatic hydroxyl groups excluding tert-OH is 1. The molecular weight excluding hydrogens is 356 g/mol. The third-order valence-corrected chi connectivity index (χ3v) is 4.93. The molecule has 2 aromatic carbocycles. The summed E-state index contributed by atoms with van der Waals surface area (Å²) >= 11 is 0. The van der Waals surface area contributed by atoms with Gasteiger partial charge in [-0.05, 0) is 43.9 Å². The standard InChI is InChI=1S/C22H28N2O4/c1-4-14-5-7-15(8-6-14)11-22(2,3)23-12-19(26)17-9-16(25)10-18-21(17)28-13-20(27)24-18/h5-10,19,23,25-26H,4,11-13H2,1-3H3,(H,24,27)/t19-/m0/s1. The number of aromatic hydroxyl groups is 1. The van der Waals surface area contributed by atoms with Crippen molar-refractivity contribution < 1.29 is 19.7 Å². The molecular formula is C22H28N2O4. The van der Waals surface area contributed by atoms with Gasteiger partial charge in [0.25, 0.3) is 5.91 Å². The number of benzene rings is 2. The SMILES string of the molecule is CCc1ccc(CC(C)(C)NC[C@H](O)c2cc(O)cc3c2OCC(=O)N3)cc1. The van der Waals surface area contributed by atoms with Crippen molar-refractivity contribution in [2.24, 2.45) is 0 Å². The predicted molar refractivity (Wildman–Crippen MR) is 109 cm³/mol. The molecule has 1 aliphatic heterocycles. The van der Waals surface area contributed by atoms with Crippen molar-refractivity contribution >= 4 is 11.6 Å². The van der Waals surface area contributed by atoms with E-state index in [4.69, 9.17) is 4.74 Å². The lowest BCUT2D eigenvalue weighted by Gasteiger charge is -2.29. The molecule has 0 unspecified atom stereocenters. The Morgan fingerprint density at radius 1 is 1.21 bits per heavy atom. The van der Waals surface area contributed by atoms with Gasteiger partial charge in [-0.3, -0.25) is 4.79 Å². The number of carbonyl (C=O) groups excluding carboxylic acids is 1. The number of phenols is 1. The highest BCUT2D eigenvalue weighted by Crippen LogP contribution is 2.38. The molecule has 1 atom stereocenters. The van der Waals surface area contributed by atoms with E-state index in [1.54, 1.807) is 0 Å². The fraction of sp³-hybridized carbons (Fsp3) is 0.409. The van der Waals surface area contributed by atoms with Crippen LogP contribution in [-0.2, 0) is 17.6 Å². The van der Waals surface area contributed by atoms with E-state index in [-0.39, 0.29) is 30.3 Å². The van der Waals surface area contributed by atoms with Crippen molar-refractivity contribution in [2.45, 2.75) is 45.3 Å². The number of amides is 1. The van der Waals surface area contributed by atoms with Gasteiger partial charge < -0.3 is 25.6 Å². The molecule has 0 saturated carbocycles. The molecule has 2 aromatic rings. The maximum absolute atomic E-state index is 11.5. The van der Waals surface area contributed by atoms with Crippen LogP contribution >= 0.6 is 0 Å². The van der Waals surface area contributed by atoms with E-state index >= 15 is 0 Å². The number of aliphatic hydroxyl groups is 1. The number of β-amino-alcohol motifs (C(OH)–C–C–N with tert-alkyl or cyclic N) is 1. The van der Waals surface area contributed by atoms with Crippen LogP contribution in [0.25, 0.3) is 0 Å². The number of carbonyl (C=O) groups is 1. The van der Waals surface area contributed by atoms with E-state index in [0.717, 1.165) is 12.8 Å². The highest BCUT2D eigenvalue weighted by molar-refractivity contribution is 5.96. The van der Waals surface area contributed by atoms with Crippen molar-refractivity contribution in [3.05, 3.63) is 53.1 Å². The number of ether oxygens (including phenoxy) is 1. The lowest BCUT2D eigenvalue weighted by Crippen LogP contribution is -2.43. The molecule has 6 heteroatoms. The molecule has 3 rings (SSSR count). The molecule has 0 saturated heterocycles. The third kappa shape index (κ3) is 4.82. The number of fused-ring (bicyclic) bond motifs is 1. The van der Waals surface area contributed by atoms with Crippen LogP contribution in [0.2, 0.25) is 0 Å². The molecule has 0 fully saturated rings. The Labute approximate surface area is 165 Å². The van der Waals surface area contributed by atoms with Gasteiger partial charge in [0.1, 0.15) is 11.5 Å². The first-order valence-corrected chi connectivity index (χ1v) is 9.58. The predicted octanol–water partition coefficient (Wildman–Crippen LogP) is 2.93. The molecule has 1 amide bonds. The lowest BCUT2D eigenvalue weighted by molar-refractivity contribution is -0.118. The zero-order chi connectivity index (χ0) is 20.3. The summed E-state index contributed by atoms with van der Waals surface area (Å²) in [6.07, 6.45) is 0.942. The minimum Gasteiger partial charge on any atom is -0.508 e. The first-order chi connectivity index (χ1) is 13.3. The maximum atomic E-state index is 11.5. The minimum absolute atomic E-state index is 0.0334. The summed E-state index contributed by atoms with van der Waals surface area (Å²) in [5.74, 6) is 0.0837. The second-order valence-corrected chi connectivity index (χ2v) is 7.88. The Morgan fingerprint density at radius 3 is 2.57 bits per heavy atom. The van der Waals surface area contributed by atoms with Gasteiger partial charge in [0.05, 0.1) is 11.8 Å². The first-order valence-electron chi connectivity index (χ1n) is 9.58. The van der Waals surface area contributed by atoms with Gasteiger partial charge >= 0.3 is 0 Å². The highest BCUT2D eigenvalue weighted by Gasteiger charge is 2.26. The Kier molecular flexibility index (Phi) is 5.91. The van der Waals surface area contributed by atoms with Crippen molar-refractivity contribution in [3.8, 4) is 11.5 Å². The van der Waals surface area contributed by atoms with Crippen molar-refractivity contribution in [1.82, 2.24) is 5.32 Å². The molecule has 1 heterocycles. The van der Waals surface area contributed by atoms with Crippen LogP contribution in [0.3, 0.4) is 0 Å². The van der Waals surface area contributed by atoms with Crippen LogP contribution in [0.1, 0.15) is 43.6 Å². The van der Waals surface area contributed by atoms with E-state index in [1.807, 2.05) is 0 Å². The summed E-state index contributed by atoms with van der Waals surface area (Å²) in [5.41, 5.74) is 3.13. The summed E-state index contributed by atoms with van der Waals surface area (Å²) in [6, 6.07) is 11.5. The molecule has 6 nitrogen and oxygen atoms in total. The zero-order valence-corrected chi connectivity index (χ0v) is 16.6. The van der Waals surface area contributed by atoms with Crippen LogP contribution in [0.4, 0.5) is 5.69 Å². The fourth-order valence-electron chi connectivity index (χ4n) is 3.41. The van der Waals surface area contributed by atoms with E-state index in [9.17, 15) is 15.0 Å². The van der Waals surface area contributed by atoms with Crippen molar-refractivity contribution in [1.29, 1.82) is 0 Å². The largest absolute Gasteiger partial charge is 0.508 e. The molecule has 1 aliphatic rings.